The van der Waals surface area contributed by atoms with Crippen LogP contribution in [0.2, 0.25) is 0 Å². The first kappa shape index (κ1) is 11.1. The molecular weight excluding hydrogens is 204 g/mol. The van der Waals surface area contributed by atoms with Crippen molar-refractivity contribution in [3.05, 3.63) is 21.9 Å². The lowest BCUT2D eigenvalue weighted by molar-refractivity contribution is 0.229. The highest BCUT2D eigenvalue weighted by molar-refractivity contribution is 7.10. The van der Waals surface area contributed by atoms with Crippen molar-refractivity contribution in [2.75, 3.05) is 6.54 Å². The lowest BCUT2D eigenvalue weighted by Gasteiger charge is -2.38. The summed E-state index contributed by atoms with van der Waals surface area (Å²) in [6.07, 6.45) is 4.87. The highest BCUT2D eigenvalue weighted by atomic mass is 32.1. The van der Waals surface area contributed by atoms with Gasteiger partial charge in [-0.25, -0.2) is 0 Å². The molecule has 1 aliphatic carbocycles. The molecule has 3 heteroatoms. The highest BCUT2D eigenvalue weighted by Crippen LogP contribution is 2.31. The predicted molar refractivity (Wildman–Crippen MR) is 66.1 cm³/mol. The van der Waals surface area contributed by atoms with E-state index in [2.05, 4.69) is 23.7 Å². The summed E-state index contributed by atoms with van der Waals surface area (Å²) >= 11 is 1.83. The average Bonchev–Trinajstić information content (AvgIpc) is 2.56. The molecule has 0 atom stereocenters. The van der Waals surface area contributed by atoms with Crippen LogP contribution in [0, 0.1) is 6.92 Å². The minimum absolute atomic E-state index is 0.164. The van der Waals surface area contributed by atoms with E-state index in [1.54, 1.807) is 0 Å². The van der Waals surface area contributed by atoms with Gasteiger partial charge in [-0.2, -0.15) is 0 Å². The van der Waals surface area contributed by atoms with E-state index in [0.717, 1.165) is 19.5 Å². The third-order valence-electron chi connectivity index (χ3n) is 3.40. The maximum atomic E-state index is 6.15. The van der Waals surface area contributed by atoms with Gasteiger partial charge in [-0.1, -0.05) is 0 Å². The third kappa shape index (κ3) is 2.80. The van der Waals surface area contributed by atoms with Crippen molar-refractivity contribution in [3.8, 4) is 0 Å². The van der Waals surface area contributed by atoms with Crippen LogP contribution >= 0.6 is 11.3 Å². The third-order valence-corrected chi connectivity index (χ3v) is 4.43. The maximum Gasteiger partial charge on any atom is 0.0302 e. The summed E-state index contributed by atoms with van der Waals surface area (Å²) in [5.74, 6) is 0. The minimum Gasteiger partial charge on any atom is -0.325 e. The molecule has 0 bridgehead atoms. The monoisotopic (exact) mass is 224 g/mol. The van der Waals surface area contributed by atoms with E-state index in [1.807, 2.05) is 11.3 Å². The van der Waals surface area contributed by atoms with Crippen LogP contribution in [0.5, 0.6) is 0 Å². The van der Waals surface area contributed by atoms with Crippen LogP contribution in [0.1, 0.15) is 36.1 Å². The second kappa shape index (κ2) is 4.64. The number of thiophene rings is 1. The van der Waals surface area contributed by atoms with E-state index in [9.17, 15) is 0 Å². The molecule has 0 unspecified atom stereocenters. The summed E-state index contributed by atoms with van der Waals surface area (Å²) in [5.41, 5.74) is 7.72. The summed E-state index contributed by atoms with van der Waals surface area (Å²) in [5, 5.41) is 5.64. The van der Waals surface area contributed by atoms with Gasteiger partial charge < -0.3 is 11.1 Å². The molecule has 1 aromatic rings. The van der Waals surface area contributed by atoms with Gasteiger partial charge >= 0.3 is 0 Å². The topological polar surface area (TPSA) is 38.0 Å². The zero-order chi connectivity index (χ0) is 10.7. The largest absolute Gasteiger partial charge is 0.325 e. The van der Waals surface area contributed by atoms with Gasteiger partial charge in [-0.15, -0.1) is 11.3 Å². The van der Waals surface area contributed by atoms with E-state index in [0.29, 0.717) is 0 Å². The van der Waals surface area contributed by atoms with Gasteiger partial charge in [-0.05, 0) is 56.2 Å². The Bertz CT molecular complexity index is 315. The summed E-state index contributed by atoms with van der Waals surface area (Å²) in [6, 6.07) is 2.18. The fourth-order valence-electron chi connectivity index (χ4n) is 2.01. The molecule has 0 saturated heterocycles. The Morgan fingerprint density at radius 1 is 1.53 bits per heavy atom. The molecule has 2 nitrogen and oxygen atoms in total. The number of aryl methyl sites for hydroxylation is 1. The fraction of sp³-hybridized carbons (Fsp3) is 0.667. The maximum absolute atomic E-state index is 6.15. The van der Waals surface area contributed by atoms with E-state index < -0.39 is 0 Å². The van der Waals surface area contributed by atoms with Crippen LogP contribution < -0.4 is 11.1 Å². The zero-order valence-corrected chi connectivity index (χ0v) is 10.2. The molecule has 0 aliphatic heterocycles. The molecule has 0 spiro atoms. The molecule has 3 N–H and O–H groups in total. The van der Waals surface area contributed by atoms with Crippen molar-refractivity contribution in [2.24, 2.45) is 5.73 Å². The van der Waals surface area contributed by atoms with Crippen LogP contribution in [-0.2, 0) is 6.54 Å². The van der Waals surface area contributed by atoms with Crippen molar-refractivity contribution in [1.82, 2.24) is 5.32 Å². The van der Waals surface area contributed by atoms with Gasteiger partial charge in [0.2, 0.25) is 0 Å². The molecule has 1 saturated carbocycles. The van der Waals surface area contributed by atoms with Gasteiger partial charge in [0.25, 0.3) is 0 Å². The van der Waals surface area contributed by atoms with Gasteiger partial charge in [0.05, 0.1) is 0 Å². The van der Waals surface area contributed by atoms with Gasteiger partial charge in [-0.3, -0.25) is 0 Å². The molecule has 1 heterocycles. The molecule has 0 amide bonds. The highest BCUT2D eigenvalue weighted by Gasteiger charge is 2.31. The average molecular weight is 224 g/mol. The van der Waals surface area contributed by atoms with E-state index in [1.165, 1.54) is 29.7 Å². The minimum atomic E-state index is 0.164. The van der Waals surface area contributed by atoms with Crippen molar-refractivity contribution in [3.63, 3.8) is 0 Å². The summed E-state index contributed by atoms with van der Waals surface area (Å²) < 4.78 is 0. The van der Waals surface area contributed by atoms with Crippen LogP contribution in [0.3, 0.4) is 0 Å². The van der Waals surface area contributed by atoms with E-state index >= 15 is 0 Å². The molecule has 0 aromatic carbocycles. The van der Waals surface area contributed by atoms with E-state index in [4.69, 9.17) is 5.73 Å². The van der Waals surface area contributed by atoms with Crippen molar-refractivity contribution < 1.29 is 0 Å². The normalized spacial score (nSPS) is 18.8. The zero-order valence-electron chi connectivity index (χ0n) is 9.38. The summed E-state index contributed by atoms with van der Waals surface area (Å²) in [6.45, 7) is 4.22. The summed E-state index contributed by atoms with van der Waals surface area (Å²) in [7, 11) is 0. The van der Waals surface area contributed by atoms with Crippen LogP contribution in [0.15, 0.2) is 11.4 Å². The lowest BCUT2D eigenvalue weighted by atomic mass is 9.75. The van der Waals surface area contributed by atoms with Crippen LogP contribution in [0.4, 0.5) is 0 Å². The molecule has 1 aliphatic rings. The Morgan fingerprint density at radius 3 is 2.87 bits per heavy atom. The molecule has 15 heavy (non-hydrogen) atoms. The number of rotatable bonds is 5. The van der Waals surface area contributed by atoms with Crippen molar-refractivity contribution >= 4 is 11.3 Å². The first-order chi connectivity index (χ1) is 7.20. The van der Waals surface area contributed by atoms with Gasteiger partial charge in [0.15, 0.2) is 0 Å². The van der Waals surface area contributed by atoms with Gasteiger partial charge in [0.1, 0.15) is 0 Å². The molecule has 1 fully saturated rings. The van der Waals surface area contributed by atoms with Crippen molar-refractivity contribution in [2.45, 2.75) is 44.7 Å². The number of nitrogens with two attached hydrogens (primary N) is 1. The summed E-state index contributed by atoms with van der Waals surface area (Å²) in [4.78, 5) is 1.45. The lowest BCUT2D eigenvalue weighted by Crippen LogP contribution is -2.48. The standard InChI is InChI=1S/C12H20N2S/c1-10-3-8-15-11(10)9-14-7-6-12(13)4-2-5-12/h3,8,14H,2,4-7,9,13H2,1H3. The number of nitrogens with one attached hydrogen (secondary N) is 1. The van der Waals surface area contributed by atoms with Gasteiger partial charge in [0, 0.05) is 17.0 Å². The molecule has 84 valence electrons. The molecule has 0 radical (unpaired) electrons. The first-order valence-electron chi connectivity index (χ1n) is 5.72. The first-order valence-corrected chi connectivity index (χ1v) is 6.60. The predicted octanol–water partition coefficient (Wildman–Crippen LogP) is 2.42. The smallest absolute Gasteiger partial charge is 0.0302 e. The quantitative estimate of drug-likeness (QED) is 0.754. The second-order valence-electron chi connectivity index (χ2n) is 4.67. The molecule has 2 rings (SSSR count). The second-order valence-corrected chi connectivity index (χ2v) is 5.67. The Morgan fingerprint density at radius 2 is 2.33 bits per heavy atom. The van der Waals surface area contributed by atoms with Crippen molar-refractivity contribution in [1.29, 1.82) is 0 Å². The number of hydrogen-bond donors (Lipinski definition) is 2. The Balaban J connectivity index is 1.65. The Kier molecular flexibility index (Phi) is 3.44. The fourth-order valence-corrected chi connectivity index (χ4v) is 2.88. The van der Waals surface area contributed by atoms with E-state index in [-0.39, 0.29) is 5.54 Å². The Labute approximate surface area is 95.9 Å². The number of hydrogen-bond acceptors (Lipinski definition) is 3. The van der Waals surface area contributed by atoms with Crippen LogP contribution in [0.25, 0.3) is 0 Å². The SMILES string of the molecule is Cc1ccsc1CNCCC1(N)CCC1. The molecule has 1 aromatic heterocycles. The van der Waals surface area contributed by atoms with Crippen LogP contribution in [-0.4, -0.2) is 12.1 Å². The Hall–Kier alpha value is -0.380. The molecular formula is C12H20N2S.